The predicted octanol–water partition coefficient (Wildman–Crippen LogP) is 4.47. The van der Waals surface area contributed by atoms with Gasteiger partial charge in [0, 0.05) is 24.5 Å². The van der Waals surface area contributed by atoms with E-state index in [1.807, 2.05) is 23.6 Å². The van der Waals surface area contributed by atoms with Gasteiger partial charge in [0.15, 0.2) is 11.4 Å². The van der Waals surface area contributed by atoms with E-state index in [-0.39, 0.29) is 0 Å². The molecule has 0 bridgehead atoms. The van der Waals surface area contributed by atoms with Crippen LogP contribution in [0.3, 0.4) is 0 Å². The molecule has 6 nitrogen and oxygen atoms in total. The average molecular weight is 401 g/mol. The first-order valence-corrected chi connectivity index (χ1v) is 10.6. The van der Waals surface area contributed by atoms with Crippen LogP contribution >= 0.6 is 11.3 Å². The molecule has 144 valence electrons. The number of benzene rings is 1. The lowest BCUT2D eigenvalue weighted by Gasteiger charge is -2.26. The van der Waals surface area contributed by atoms with Gasteiger partial charge in [-0.1, -0.05) is 30.3 Å². The van der Waals surface area contributed by atoms with Gasteiger partial charge in [0.2, 0.25) is 5.82 Å². The van der Waals surface area contributed by atoms with E-state index >= 15 is 0 Å². The van der Waals surface area contributed by atoms with Crippen molar-refractivity contribution < 1.29 is 4.42 Å². The van der Waals surface area contributed by atoms with Crippen LogP contribution in [-0.4, -0.2) is 31.0 Å². The van der Waals surface area contributed by atoms with Crippen molar-refractivity contribution in [1.82, 2.24) is 24.5 Å². The third-order valence-corrected chi connectivity index (χ3v) is 6.62. The Labute approximate surface area is 171 Å². The molecule has 7 heteroatoms. The molecule has 0 saturated carbocycles. The molecule has 5 heterocycles. The first-order chi connectivity index (χ1) is 14.3. The molecule has 0 spiro atoms. The fourth-order valence-electron chi connectivity index (χ4n) is 4.13. The van der Waals surface area contributed by atoms with Gasteiger partial charge in [0.1, 0.15) is 10.7 Å². The van der Waals surface area contributed by atoms with Gasteiger partial charge >= 0.3 is 0 Å². The van der Waals surface area contributed by atoms with Gasteiger partial charge in [-0.15, -0.1) is 16.4 Å². The second-order valence-electron chi connectivity index (χ2n) is 7.44. The normalized spacial score (nSPS) is 14.7. The summed E-state index contributed by atoms with van der Waals surface area (Å²) >= 11 is 1.79. The van der Waals surface area contributed by atoms with Crippen molar-refractivity contribution in [2.24, 2.45) is 0 Å². The molecule has 4 aromatic heterocycles. The Morgan fingerprint density at radius 2 is 2.00 bits per heavy atom. The van der Waals surface area contributed by atoms with Crippen molar-refractivity contribution in [3.05, 3.63) is 70.6 Å². The standard InChI is InChI=1S/C22H19N5OS/c1-14-23-22-19(21-24-20(25-27(14)21)17-8-5-11-28-17)16-9-10-26(13-18(16)29-22)12-15-6-3-2-4-7-15/h2-8,11H,9-10,12-13H2,1H3. The third kappa shape index (κ3) is 2.77. The van der Waals surface area contributed by atoms with E-state index < -0.39 is 0 Å². The largest absolute Gasteiger partial charge is 0.461 e. The molecule has 1 aliphatic heterocycles. The minimum atomic E-state index is 0.605. The number of rotatable bonds is 3. The van der Waals surface area contributed by atoms with Crippen LogP contribution in [0.25, 0.3) is 27.4 Å². The van der Waals surface area contributed by atoms with E-state index in [1.54, 1.807) is 17.6 Å². The zero-order valence-corrected chi connectivity index (χ0v) is 16.8. The van der Waals surface area contributed by atoms with Gasteiger partial charge in [0.25, 0.3) is 0 Å². The van der Waals surface area contributed by atoms with Gasteiger partial charge in [0.05, 0.1) is 11.6 Å². The number of hydrogen-bond acceptors (Lipinski definition) is 6. The van der Waals surface area contributed by atoms with Gasteiger partial charge in [-0.25, -0.2) is 9.97 Å². The van der Waals surface area contributed by atoms with Crippen LogP contribution in [0.4, 0.5) is 0 Å². The van der Waals surface area contributed by atoms with Crippen LogP contribution in [0.1, 0.15) is 21.8 Å². The minimum Gasteiger partial charge on any atom is -0.461 e. The quantitative estimate of drug-likeness (QED) is 0.447. The number of aromatic nitrogens is 4. The number of thiophene rings is 1. The molecule has 0 atom stereocenters. The van der Waals surface area contributed by atoms with Gasteiger partial charge < -0.3 is 4.42 Å². The molecule has 1 aromatic carbocycles. The molecule has 1 aliphatic rings. The summed E-state index contributed by atoms with van der Waals surface area (Å²) in [6.07, 6.45) is 2.65. The smallest absolute Gasteiger partial charge is 0.217 e. The Kier molecular flexibility index (Phi) is 3.79. The Morgan fingerprint density at radius 1 is 1.10 bits per heavy atom. The van der Waals surface area contributed by atoms with Crippen LogP contribution in [-0.2, 0) is 19.5 Å². The molecule has 29 heavy (non-hydrogen) atoms. The molecule has 0 N–H and O–H groups in total. The second kappa shape index (κ2) is 6.50. The zero-order chi connectivity index (χ0) is 19.4. The van der Waals surface area contributed by atoms with Crippen molar-refractivity contribution in [3.8, 4) is 11.6 Å². The van der Waals surface area contributed by atoms with Crippen molar-refractivity contribution in [2.75, 3.05) is 6.54 Å². The van der Waals surface area contributed by atoms with E-state index in [2.05, 4.69) is 40.3 Å². The van der Waals surface area contributed by atoms with E-state index in [4.69, 9.17) is 14.4 Å². The summed E-state index contributed by atoms with van der Waals surface area (Å²) in [4.78, 5) is 14.6. The van der Waals surface area contributed by atoms with Crippen LogP contribution < -0.4 is 0 Å². The first-order valence-electron chi connectivity index (χ1n) is 9.74. The monoisotopic (exact) mass is 401 g/mol. The molecule has 0 fully saturated rings. The zero-order valence-electron chi connectivity index (χ0n) is 16.0. The maximum atomic E-state index is 5.50. The summed E-state index contributed by atoms with van der Waals surface area (Å²) in [5.41, 5.74) is 3.62. The van der Waals surface area contributed by atoms with Crippen molar-refractivity contribution in [3.63, 3.8) is 0 Å². The summed E-state index contributed by atoms with van der Waals surface area (Å²) in [6.45, 7) is 4.94. The summed E-state index contributed by atoms with van der Waals surface area (Å²) < 4.78 is 7.35. The van der Waals surface area contributed by atoms with E-state index in [0.717, 1.165) is 47.7 Å². The number of hydrogen-bond donors (Lipinski definition) is 0. The van der Waals surface area contributed by atoms with Crippen molar-refractivity contribution in [1.29, 1.82) is 0 Å². The summed E-state index contributed by atoms with van der Waals surface area (Å²) in [7, 11) is 0. The minimum absolute atomic E-state index is 0.605. The lowest BCUT2D eigenvalue weighted by atomic mass is 10.0. The Morgan fingerprint density at radius 3 is 2.83 bits per heavy atom. The average Bonchev–Trinajstić information content (AvgIpc) is 3.46. The fourth-order valence-corrected chi connectivity index (χ4v) is 5.43. The van der Waals surface area contributed by atoms with Crippen LogP contribution in [0.15, 0.2) is 53.1 Å². The van der Waals surface area contributed by atoms with Crippen molar-refractivity contribution in [2.45, 2.75) is 26.4 Å². The van der Waals surface area contributed by atoms with Crippen LogP contribution in [0, 0.1) is 6.92 Å². The Bertz CT molecular complexity index is 1320. The highest BCUT2D eigenvalue weighted by Gasteiger charge is 2.25. The summed E-state index contributed by atoms with van der Waals surface area (Å²) in [6, 6.07) is 14.4. The first kappa shape index (κ1) is 16.9. The molecule has 0 amide bonds. The molecule has 0 aliphatic carbocycles. The number of aryl methyl sites for hydroxylation is 1. The molecule has 6 rings (SSSR count). The highest BCUT2D eigenvalue weighted by atomic mass is 32.1. The van der Waals surface area contributed by atoms with E-state index in [1.165, 1.54) is 16.0 Å². The maximum absolute atomic E-state index is 5.50. The highest BCUT2D eigenvalue weighted by molar-refractivity contribution is 7.19. The van der Waals surface area contributed by atoms with E-state index in [0.29, 0.717) is 11.6 Å². The molecular formula is C22H19N5OS. The number of fused-ring (bicyclic) bond motifs is 5. The Hall–Kier alpha value is -3.03. The van der Waals surface area contributed by atoms with E-state index in [9.17, 15) is 0 Å². The lowest BCUT2D eigenvalue weighted by molar-refractivity contribution is 0.249. The molecule has 0 unspecified atom stereocenters. The van der Waals surface area contributed by atoms with Crippen LogP contribution in [0.5, 0.6) is 0 Å². The SMILES string of the molecule is Cc1nc2sc3c(c2c2nc(-c4ccco4)nn12)CCN(Cc1ccccc1)C3. The predicted molar refractivity (Wildman–Crippen MR) is 113 cm³/mol. The highest BCUT2D eigenvalue weighted by Crippen LogP contribution is 2.37. The van der Waals surface area contributed by atoms with Gasteiger partial charge in [-0.2, -0.15) is 4.52 Å². The maximum Gasteiger partial charge on any atom is 0.217 e. The molecule has 0 radical (unpaired) electrons. The lowest BCUT2D eigenvalue weighted by Crippen LogP contribution is -2.29. The Balaban J connectivity index is 1.43. The number of nitrogens with zero attached hydrogens (tertiary/aromatic N) is 5. The molecular weight excluding hydrogens is 382 g/mol. The summed E-state index contributed by atoms with van der Waals surface area (Å²) in [5.74, 6) is 2.13. The van der Waals surface area contributed by atoms with Crippen LogP contribution in [0.2, 0.25) is 0 Å². The van der Waals surface area contributed by atoms with Crippen molar-refractivity contribution >= 4 is 27.2 Å². The fraction of sp³-hybridized carbons (Fsp3) is 0.227. The topological polar surface area (TPSA) is 59.5 Å². The summed E-state index contributed by atoms with van der Waals surface area (Å²) in [5, 5.41) is 5.80. The second-order valence-corrected chi connectivity index (χ2v) is 8.52. The molecule has 5 aromatic rings. The third-order valence-electron chi connectivity index (χ3n) is 5.51. The molecule has 0 saturated heterocycles. The van der Waals surface area contributed by atoms with Gasteiger partial charge in [-0.3, -0.25) is 4.90 Å². The number of furan rings is 1. The van der Waals surface area contributed by atoms with Gasteiger partial charge in [-0.05, 0) is 36.6 Å².